The normalized spacial score (nSPS) is 19.9. The molecular formula is C33H29F2N3O3. The second kappa shape index (κ2) is 9.51. The fourth-order valence-electron chi connectivity index (χ4n) is 6.55. The number of aromatic carboxylic acids is 1. The van der Waals surface area contributed by atoms with Gasteiger partial charge in [-0.05, 0) is 47.9 Å². The number of H-pyrrole nitrogens is 1. The van der Waals surface area contributed by atoms with Crippen LogP contribution in [0.3, 0.4) is 0 Å². The van der Waals surface area contributed by atoms with Gasteiger partial charge in [-0.25, -0.2) is 18.6 Å². The molecule has 0 fully saturated rings. The van der Waals surface area contributed by atoms with Gasteiger partial charge in [-0.15, -0.1) is 0 Å². The summed E-state index contributed by atoms with van der Waals surface area (Å²) in [6.45, 7) is 7.44. The summed E-state index contributed by atoms with van der Waals surface area (Å²) in [5.74, 6) is -2.83. The maximum Gasteiger partial charge on any atom is 0.335 e. The molecule has 0 radical (unpaired) electrons. The minimum Gasteiger partial charge on any atom is -0.478 e. The van der Waals surface area contributed by atoms with E-state index in [0.717, 1.165) is 23.6 Å². The first-order valence-electron chi connectivity index (χ1n) is 13.5. The van der Waals surface area contributed by atoms with Gasteiger partial charge >= 0.3 is 5.97 Å². The summed E-state index contributed by atoms with van der Waals surface area (Å²) in [6.07, 6.45) is 5.07. The Morgan fingerprint density at radius 3 is 2.44 bits per heavy atom. The zero-order valence-electron chi connectivity index (χ0n) is 23.0. The van der Waals surface area contributed by atoms with E-state index in [-0.39, 0.29) is 27.8 Å². The largest absolute Gasteiger partial charge is 0.478 e. The number of carboxylic acid groups (broad SMARTS) is 1. The molecule has 2 N–H and O–H groups in total. The molecule has 8 heteroatoms. The number of hydrogen-bond donors (Lipinski definition) is 2. The first kappa shape index (κ1) is 26.6. The molecule has 4 aromatic rings. The number of fused-ring (bicyclic) bond motifs is 2. The van der Waals surface area contributed by atoms with Crippen LogP contribution in [-0.2, 0) is 0 Å². The summed E-state index contributed by atoms with van der Waals surface area (Å²) in [5, 5.41) is 9.28. The van der Waals surface area contributed by atoms with Gasteiger partial charge in [0.25, 0.3) is 5.91 Å². The van der Waals surface area contributed by atoms with Crippen LogP contribution in [-0.4, -0.2) is 44.9 Å². The molecule has 0 spiro atoms. The molecule has 0 bridgehead atoms. The van der Waals surface area contributed by atoms with Crippen LogP contribution in [0.1, 0.15) is 53.5 Å². The molecule has 6 nitrogen and oxygen atoms in total. The second-order valence-electron chi connectivity index (χ2n) is 11.6. The number of nitrogens with one attached hydrogen (secondary N) is 1. The Hall–Kier alpha value is -4.59. The summed E-state index contributed by atoms with van der Waals surface area (Å²) in [5.41, 5.74) is 4.19. The predicted octanol–water partition coefficient (Wildman–Crippen LogP) is 7.11. The standard InChI is InChI=1S/C33H29F2N3O3/c1-32(2)23(19-8-10-20(11-9-19)31(40)41)14-16-33(3)18-38(17-15-26(32)33)30(39)22-7-5-4-6-21(22)29-36-25-13-12-24(34)27(35)28(25)37-29/h4-15H,16-18H2,1-3H3,(H,36,37)(H,40,41)/t33-/m1/s1. The number of nitrogens with zero attached hydrogens (tertiary/aromatic N) is 2. The van der Waals surface area contributed by atoms with Crippen LogP contribution < -0.4 is 0 Å². The minimum absolute atomic E-state index is 0.107. The van der Waals surface area contributed by atoms with E-state index in [1.54, 1.807) is 36.4 Å². The number of carboxylic acids is 1. The monoisotopic (exact) mass is 553 g/mol. The maximum atomic E-state index is 14.4. The smallest absolute Gasteiger partial charge is 0.335 e. The highest BCUT2D eigenvalue weighted by Crippen LogP contribution is 2.55. The van der Waals surface area contributed by atoms with Crippen molar-refractivity contribution in [2.75, 3.05) is 13.1 Å². The molecule has 0 unspecified atom stereocenters. The van der Waals surface area contributed by atoms with Gasteiger partial charge in [0, 0.05) is 29.5 Å². The van der Waals surface area contributed by atoms with Crippen molar-refractivity contribution in [3.8, 4) is 11.4 Å². The zero-order chi connectivity index (χ0) is 29.1. The van der Waals surface area contributed by atoms with Gasteiger partial charge in [0.05, 0.1) is 16.6 Å². The molecule has 1 atom stereocenters. The number of carbonyl (C=O) groups is 2. The van der Waals surface area contributed by atoms with E-state index in [1.165, 1.54) is 11.6 Å². The lowest BCUT2D eigenvalue weighted by atomic mass is 9.58. The number of benzene rings is 3. The summed E-state index contributed by atoms with van der Waals surface area (Å²) in [4.78, 5) is 34.4. The van der Waals surface area contributed by atoms with Crippen molar-refractivity contribution in [2.24, 2.45) is 10.8 Å². The summed E-state index contributed by atoms with van der Waals surface area (Å²) < 4.78 is 28.1. The Kier molecular flexibility index (Phi) is 6.17. The van der Waals surface area contributed by atoms with Crippen LogP contribution >= 0.6 is 0 Å². The molecule has 6 rings (SSSR count). The number of allylic oxidation sites excluding steroid dienone is 2. The van der Waals surface area contributed by atoms with E-state index >= 15 is 0 Å². The molecule has 1 aliphatic carbocycles. The number of carbonyl (C=O) groups excluding carboxylic acids is 1. The third-order valence-corrected chi connectivity index (χ3v) is 8.50. The maximum absolute atomic E-state index is 14.4. The van der Waals surface area contributed by atoms with E-state index in [0.29, 0.717) is 35.6 Å². The van der Waals surface area contributed by atoms with Crippen molar-refractivity contribution in [1.82, 2.24) is 14.9 Å². The lowest BCUT2D eigenvalue weighted by Gasteiger charge is -2.50. The van der Waals surface area contributed by atoms with Crippen molar-refractivity contribution in [1.29, 1.82) is 0 Å². The molecule has 0 saturated heterocycles. The van der Waals surface area contributed by atoms with Crippen molar-refractivity contribution in [3.05, 3.63) is 107 Å². The summed E-state index contributed by atoms with van der Waals surface area (Å²) in [7, 11) is 0. The molecule has 41 heavy (non-hydrogen) atoms. The van der Waals surface area contributed by atoms with Crippen LogP contribution in [0.2, 0.25) is 0 Å². The number of aromatic nitrogens is 2. The number of hydrogen-bond acceptors (Lipinski definition) is 3. The van der Waals surface area contributed by atoms with Gasteiger partial charge in [-0.2, -0.15) is 0 Å². The third-order valence-electron chi connectivity index (χ3n) is 8.50. The van der Waals surface area contributed by atoms with E-state index in [9.17, 15) is 23.5 Å². The van der Waals surface area contributed by atoms with Crippen LogP contribution in [0.15, 0.2) is 78.4 Å². The number of amides is 1. The summed E-state index contributed by atoms with van der Waals surface area (Å²) in [6, 6.07) is 16.5. The summed E-state index contributed by atoms with van der Waals surface area (Å²) >= 11 is 0. The highest BCUT2D eigenvalue weighted by Gasteiger charge is 2.46. The highest BCUT2D eigenvalue weighted by atomic mass is 19.2. The zero-order valence-corrected chi connectivity index (χ0v) is 23.0. The SMILES string of the molecule is CC1(C)C(c2ccc(C(=O)O)cc2)=CC[C@]2(C)CN(C(=O)c3ccccc3-c3nc4c(F)c(F)ccc4[nH]3)CC=C12. The van der Waals surface area contributed by atoms with Crippen LogP contribution in [0.5, 0.6) is 0 Å². The highest BCUT2D eigenvalue weighted by molar-refractivity contribution is 6.01. The quantitative estimate of drug-likeness (QED) is 0.264. The first-order chi connectivity index (χ1) is 19.5. The van der Waals surface area contributed by atoms with Crippen LogP contribution in [0, 0.1) is 22.5 Å². The van der Waals surface area contributed by atoms with Crippen molar-refractivity contribution < 1.29 is 23.5 Å². The fourth-order valence-corrected chi connectivity index (χ4v) is 6.55. The molecule has 2 heterocycles. The third kappa shape index (κ3) is 4.34. The number of rotatable bonds is 4. The molecule has 1 aromatic heterocycles. The Labute approximate surface area is 236 Å². The molecular weight excluding hydrogens is 524 g/mol. The molecule has 208 valence electrons. The van der Waals surface area contributed by atoms with E-state index in [2.05, 4.69) is 42.9 Å². The van der Waals surface area contributed by atoms with Gasteiger partial charge in [0.2, 0.25) is 0 Å². The molecule has 3 aromatic carbocycles. The Morgan fingerprint density at radius 2 is 1.71 bits per heavy atom. The number of aromatic amines is 1. The Bertz CT molecular complexity index is 1790. The van der Waals surface area contributed by atoms with E-state index in [1.807, 2.05) is 17.0 Å². The van der Waals surface area contributed by atoms with Crippen LogP contribution in [0.4, 0.5) is 8.78 Å². The number of imidazole rings is 1. The van der Waals surface area contributed by atoms with E-state index in [4.69, 9.17) is 0 Å². The second-order valence-corrected chi connectivity index (χ2v) is 11.6. The van der Waals surface area contributed by atoms with Gasteiger partial charge < -0.3 is 15.0 Å². The van der Waals surface area contributed by atoms with Gasteiger partial charge in [0.15, 0.2) is 11.6 Å². The molecule has 1 aliphatic heterocycles. The Morgan fingerprint density at radius 1 is 0.976 bits per heavy atom. The van der Waals surface area contributed by atoms with Crippen LogP contribution in [0.25, 0.3) is 28.0 Å². The minimum atomic E-state index is -1.03. The van der Waals surface area contributed by atoms with Gasteiger partial charge in [-0.3, -0.25) is 4.79 Å². The van der Waals surface area contributed by atoms with E-state index < -0.39 is 17.6 Å². The van der Waals surface area contributed by atoms with Crippen molar-refractivity contribution >= 4 is 28.5 Å². The Balaban J connectivity index is 1.30. The van der Waals surface area contributed by atoms with Gasteiger partial charge in [0.1, 0.15) is 11.3 Å². The molecule has 1 amide bonds. The average Bonchev–Trinajstić information content (AvgIpc) is 3.39. The predicted molar refractivity (Wildman–Crippen MR) is 153 cm³/mol. The van der Waals surface area contributed by atoms with Crippen molar-refractivity contribution in [3.63, 3.8) is 0 Å². The average molecular weight is 554 g/mol. The fraction of sp³-hybridized carbons (Fsp3) is 0.242. The lowest BCUT2D eigenvalue weighted by molar-refractivity contribution is 0.0679. The van der Waals surface area contributed by atoms with Crippen molar-refractivity contribution in [2.45, 2.75) is 27.2 Å². The topological polar surface area (TPSA) is 86.3 Å². The lowest BCUT2D eigenvalue weighted by Crippen LogP contribution is -2.48. The molecule has 2 aliphatic rings. The first-order valence-corrected chi connectivity index (χ1v) is 13.5. The molecule has 0 saturated carbocycles. The number of halogens is 2. The van der Waals surface area contributed by atoms with Gasteiger partial charge in [-0.1, -0.05) is 68.8 Å².